The zero-order valence-electron chi connectivity index (χ0n) is 13.4. The molecule has 4 rings (SSSR count). The van der Waals surface area contributed by atoms with Crippen molar-refractivity contribution in [2.45, 2.75) is 19.1 Å². The van der Waals surface area contributed by atoms with Gasteiger partial charge < -0.3 is 14.6 Å². The van der Waals surface area contributed by atoms with Crippen molar-refractivity contribution in [3.63, 3.8) is 0 Å². The Kier molecular flexibility index (Phi) is 4.69. The lowest BCUT2D eigenvalue weighted by atomic mass is 10.2. The number of hydrogen-bond donors (Lipinski definition) is 1. The minimum Gasteiger partial charge on any atom is -0.376 e. The van der Waals surface area contributed by atoms with Crippen molar-refractivity contribution < 1.29 is 4.74 Å². The lowest BCUT2D eigenvalue weighted by Crippen LogP contribution is -2.38. The van der Waals surface area contributed by atoms with Crippen LogP contribution < -0.4 is 5.32 Å². The third kappa shape index (κ3) is 3.40. The van der Waals surface area contributed by atoms with Crippen LogP contribution in [0.4, 0.5) is 0 Å². The van der Waals surface area contributed by atoms with E-state index in [4.69, 9.17) is 4.74 Å². The first-order valence-corrected chi connectivity index (χ1v) is 9.07. The molecule has 0 radical (unpaired) electrons. The van der Waals surface area contributed by atoms with Crippen LogP contribution >= 0.6 is 11.3 Å². The molecule has 6 heteroatoms. The van der Waals surface area contributed by atoms with Crippen molar-refractivity contribution in [2.75, 3.05) is 19.7 Å². The third-order valence-electron chi connectivity index (χ3n) is 4.16. The van der Waals surface area contributed by atoms with Crippen LogP contribution in [0.5, 0.6) is 0 Å². The van der Waals surface area contributed by atoms with E-state index in [9.17, 15) is 0 Å². The third-order valence-corrected chi connectivity index (χ3v) is 5.20. The second-order valence-electron chi connectivity index (χ2n) is 5.83. The molecule has 5 nitrogen and oxygen atoms in total. The van der Waals surface area contributed by atoms with Gasteiger partial charge in [0.05, 0.1) is 17.6 Å². The average molecular weight is 340 g/mol. The molecule has 1 fully saturated rings. The molecule has 1 saturated heterocycles. The molecule has 1 atom stereocenters. The number of rotatable bonds is 5. The van der Waals surface area contributed by atoms with E-state index in [1.807, 2.05) is 36.8 Å². The minimum absolute atomic E-state index is 0.287. The van der Waals surface area contributed by atoms with Gasteiger partial charge in [0.2, 0.25) is 0 Å². The van der Waals surface area contributed by atoms with Gasteiger partial charge in [-0.1, -0.05) is 30.3 Å². The summed E-state index contributed by atoms with van der Waals surface area (Å²) in [6.07, 6.45) is 7.09. The highest BCUT2D eigenvalue weighted by molar-refractivity contribution is 7.18. The lowest BCUT2D eigenvalue weighted by Gasteiger charge is -2.23. The molecule has 1 unspecified atom stereocenters. The molecule has 3 heterocycles. The number of aryl methyl sites for hydroxylation is 1. The zero-order valence-corrected chi connectivity index (χ0v) is 14.2. The summed E-state index contributed by atoms with van der Waals surface area (Å²) in [4.78, 5) is 10.2. The van der Waals surface area contributed by atoms with E-state index in [1.54, 1.807) is 11.3 Å². The molecule has 124 valence electrons. The predicted octanol–water partition coefficient (Wildman–Crippen LogP) is 3.05. The molecule has 1 aromatic carbocycles. The van der Waals surface area contributed by atoms with Crippen molar-refractivity contribution in [1.29, 1.82) is 0 Å². The van der Waals surface area contributed by atoms with E-state index in [-0.39, 0.29) is 6.10 Å². The molecule has 0 aliphatic carbocycles. The number of hydrogen-bond acceptors (Lipinski definition) is 5. The molecule has 1 aliphatic heterocycles. The highest BCUT2D eigenvalue weighted by Gasteiger charge is 2.15. The molecule has 2 aromatic heterocycles. The van der Waals surface area contributed by atoms with Gasteiger partial charge in [0, 0.05) is 43.8 Å². The average Bonchev–Trinajstić information content (AvgIpc) is 3.31. The summed E-state index contributed by atoms with van der Waals surface area (Å²) in [5, 5.41) is 4.40. The highest BCUT2D eigenvalue weighted by Crippen LogP contribution is 2.31. The number of nitrogens with zero attached hydrogens (tertiary/aromatic N) is 3. The van der Waals surface area contributed by atoms with E-state index >= 15 is 0 Å². The number of benzene rings is 1. The van der Waals surface area contributed by atoms with Crippen LogP contribution in [0, 0.1) is 0 Å². The molecule has 3 aromatic rings. The van der Waals surface area contributed by atoms with E-state index in [0.717, 1.165) is 53.9 Å². The quantitative estimate of drug-likeness (QED) is 0.776. The molecule has 0 amide bonds. The van der Waals surface area contributed by atoms with Crippen LogP contribution in [0.3, 0.4) is 0 Å². The van der Waals surface area contributed by atoms with Crippen LogP contribution in [-0.4, -0.2) is 40.3 Å². The lowest BCUT2D eigenvalue weighted by molar-refractivity contribution is 0.0211. The Labute approximate surface area is 145 Å². The first kappa shape index (κ1) is 15.5. The van der Waals surface area contributed by atoms with Gasteiger partial charge in [0.25, 0.3) is 0 Å². The Morgan fingerprint density at radius 3 is 3.00 bits per heavy atom. The maximum absolute atomic E-state index is 5.78. The Morgan fingerprint density at radius 1 is 1.25 bits per heavy atom. The Hall–Kier alpha value is -2.02. The second kappa shape index (κ2) is 7.25. The van der Waals surface area contributed by atoms with Crippen molar-refractivity contribution >= 4 is 11.3 Å². The van der Waals surface area contributed by atoms with Crippen LogP contribution in [0.1, 0.15) is 6.42 Å². The summed E-state index contributed by atoms with van der Waals surface area (Å²) in [7, 11) is 0. The van der Waals surface area contributed by atoms with E-state index < -0.39 is 0 Å². The van der Waals surface area contributed by atoms with E-state index in [0.29, 0.717) is 0 Å². The van der Waals surface area contributed by atoms with Crippen LogP contribution in [0.15, 0.2) is 48.9 Å². The van der Waals surface area contributed by atoms with Crippen molar-refractivity contribution in [1.82, 2.24) is 19.9 Å². The molecular formula is C18H20N4OS. The predicted molar refractivity (Wildman–Crippen MR) is 96.0 cm³/mol. The van der Waals surface area contributed by atoms with Gasteiger partial charge in [-0.2, -0.15) is 0 Å². The summed E-state index contributed by atoms with van der Waals surface area (Å²) in [5.41, 5.74) is 1.15. The number of imidazole rings is 1. The molecule has 0 saturated carbocycles. The fraction of sp³-hybridized carbons (Fsp3) is 0.333. The summed E-state index contributed by atoms with van der Waals surface area (Å²) in [6, 6.07) is 10.3. The largest absolute Gasteiger partial charge is 0.376 e. The number of nitrogens with one attached hydrogen (secondary N) is 1. The van der Waals surface area contributed by atoms with E-state index in [1.165, 1.54) is 0 Å². The Morgan fingerprint density at radius 2 is 2.17 bits per heavy atom. The van der Waals surface area contributed by atoms with Gasteiger partial charge in [0.1, 0.15) is 5.01 Å². The monoisotopic (exact) mass is 340 g/mol. The van der Waals surface area contributed by atoms with Gasteiger partial charge in [-0.3, -0.25) is 0 Å². The van der Waals surface area contributed by atoms with Gasteiger partial charge >= 0.3 is 0 Å². The maximum atomic E-state index is 5.78. The van der Waals surface area contributed by atoms with Gasteiger partial charge in [-0.15, -0.1) is 11.3 Å². The van der Waals surface area contributed by atoms with Gasteiger partial charge in [-0.25, -0.2) is 9.97 Å². The number of ether oxygens (including phenoxy) is 1. The Bertz CT molecular complexity index is 777. The SMILES string of the molecule is c1ccc(-c2ncc(-c3nccn3CCC3CNCCO3)s2)cc1. The highest BCUT2D eigenvalue weighted by atomic mass is 32.1. The first-order chi connectivity index (χ1) is 11.9. The van der Waals surface area contributed by atoms with Crippen LogP contribution in [0.2, 0.25) is 0 Å². The molecule has 1 aliphatic rings. The second-order valence-corrected chi connectivity index (χ2v) is 6.86. The van der Waals surface area contributed by atoms with E-state index in [2.05, 4.69) is 32.0 Å². The normalized spacial score (nSPS) is 17.9. The maximum Gasteiger partial charge on any atom is 0.151 e. The standard InChI is InChI=1S/C18H20N4OS/c1-2-4-14(5-3-1)18-21-13-16(24-18)17-20-7-10-22(17)9-6-15-12-19-8-11-23-15/h1-5,7,10,13,15,19H,6,8-9,11-12H2. The number of thiazole rings is 1. The smallest absolute Gasteiger partial charge is 0.151 e. The summed E-state index contributed by atoms with van der Waals surface area (Å²) in [5.74, 6) is 0.985. The number of morpholine rings is 1. The van der Waals surface area contributed by atoms with Crippen LogP contribution in [0.25, 0.3) is 21.3 Å². The molecular weight excluding hydrogens is 320 g/mol. The first-order valence-electron chi connectivity index (χ1n) is 8.25. The summed E-state index contributed by atoms with van der Waals surface area (Å²) >= 11 is 1.68. The topological polar surface area (TPSA) is 52.0 Å². The molecule has 0 spiro atoms. The van der Waals surface area contributed by atoms with Crippen molar-refractivity contribution in [3.8, 4) is 21.3 Å². The zero-order chi connectivity index (χ0) is 16.2. The van der Waals surface area contributed by atoms with Crippen molar-refractivity contribution in [3.05, 3.63) is 48.9 Å². The fourth-order valence-corrected chi connectivity index (χ4v) is 3.83. The van der Waals surface area contributed by atoms with Gasteiger partial charge in [-0.05, 0) is 6.42 Å². The van der Waals surface area contributed by atoms with Gasteiger partial charge in [0.15, 0.2) is 5.82 Å². The minimum atomic E-state index is 0.287. The molecule has 1 N–H and O–H groups in total. The molecule has 0 bridgehead atoms. The Balaban J connectivity index is 1.49. The molecule has 24 heavy (non-hydrogen) atoms. The van der Waals surface area contributed by atoms with Crippen molar-refractivity contribution in [2.24, 2.45) is 0 Å². The van der Waals surface area contributed by atoms with Crippen LogP contribution in [-0.2, 0) is 11.3 Å². The summed E-state index contributed by atoms with van der Waals surface area (Å²) < 4.78 is 7.97. The summed E-state index contributed by atoms with van der Waals surface area (Å²) in [6.45, 7) is 3.59. The number of aromatic nitrogens is 3. The fourth-order valence-electron chi connectivity index (χ4n) is 2.89.